The fraction of sp³-hybridized carbons (Fsp3) is 0.385. The molecule has 1 atom stereocenters. The Kier molecular flexibility index (Phi) is 3.69. The molecule has 0 aliphatic carbocycles. The minimum atomic E-state index is -0.530. The summed E-state index contributed by atoms with van der Waals surface area (Å²) in [5.41, 5.74) is 0.663. The van der Waals surface area contributed by atoms with E-state index in [9.17, 15) is 4.79 Å². The molecule has 7 heteroatoms. The first-order valence-electron chi connectivity index (χ1n) is 5.95. The second-order valence-corrected chi connectivity index (χ2v) is 4.31. The van der Waals surface area contributed by atoms with E-state index in [1.54, 1.807) is 19.2 Å². The van der Waals surface area contributed by atoms with Gasteiger partial charge in [0.15, 0.2) is 11.5 Å². The Labute approximate surface area is 116 Å². The Morgan fingerprint density at radius 1 is 1.10 bits per heavy atom. The highest BCUT2D eigenvalue weighted by molar-refractivity contribution is 6.06. The van der Waals surface area contributed by atoms with Gasteiger partial charge in [-0.1, -0.05) is 0 Å². The van der Waals surface area contributed by atoms with Gasteiger partial charge >= 0.3 is 6.03 Å². The van der Waals surface area contributed by atoms with Crippen molar-refractivity contribution < 1.29 is 19.0 Å². The molecule has 1 unspecified atom stereocenters. The second-order valence-electron chi connectivity index (χ2n) is 4.31. The summed E-state index contributed by atoms with van der Waals surface area (Å²) < 4.78 is 15.8. The van der Waals surface area contributed by atoms with Crippen LogP contribution in [0, 0.1) is 5.41 Å². The maximum absolute atomic E-state index is 11.6. The van der Waals surface area contributed by atoms with Crippen LogP contribution in [0.2, 0.25) is 0 Å². The maximum Gasteiger partial charge on any atom is 0.323 e. The lowest BCUT2D eigenvalue weighted by molar-refractivity contribution is 0.216. The summed E-state index contributed by atoms with van der Waals surface area (Å²) in [5, 5.41) is 10.4. The molecule has 1 heterocycles. The van der Waals surface area contributed by atoms with Crippen LogP contribution in [0.1, 0.15) is 11.6 Å². The number of amides is 2. The molecule has 2 rings (SSSR count). The molecule has 20 heavy (non-hydrogen) atoms. The highest BCUT2D eigenvalue weighted by Gasteiger charge is 2.36. The molecule has 1 saturated heterocycles. The molecular weight excluding hydrogens is 262 g/mol. The number of ether oxygens (including phenoxy) is 3. The van der Waals surface area contributed by atoms with Crippen molar-refractivity contribution in [3.8, 4) is 17.2 Å². The summed E-state index contributed by atoms with van der Waals surface area (Å²) in [7, 11) is 6.21. The van der Waals surface area contributed by atoms with E-state index in [0.717, 1.165) is 0 Å². The highest BCUT2D eigenvalue weighted by Crippen LogP contribution is 2.40. The molecule has 0 radical (unpaired) electrons. The van der Waals surface area contributed by atoms with E-state index >= 15 is 0 Å². The van der Waals surface area contributed by atoms with E-state index in [4.69, 9.17) is 19.6 Å². The van der Waals surface area contributed by atoms with Gasteiger partial charge in [0, 0.05) is 18.7 Å². The molecule has 1 fully saturated rings. The largest absolute Gasteiger partial charge is 0.496 e. The number of hydrogen-bond acceptors (Lipinski definition) is 5. The SMILES string of the molecule is COc1cc(OC)c(C2C(=N)NC(=O)N2C)cc1OC. The van der Waals surface area contributed by atoms with Crippen LogP contribution in [-0.2, 0) is 0 Å². The fourth-order valence-electron chi connectivity index (χ4n) is 2.21. The molecule has 7 nitrogen and oxygen atoms in total. The minimum absolute atomic E-state index is 0.100. The summed E-state index contributed by atoms with van der Waals surface area (Å²) in [6.45, 7) is 0. The molecule has 1 aromatic carbocycles. The topological polar surface area (TPSA) is 83.9 Å². The van der Waals surface area contributed by atoms with Gasteiger partial charge in [-0.3, -0.25) is 10.7 Å². The Hall–Kier alpha value is -2.44. The van der Waals surface area contributed by atoms with E-state index in [1.165, 1.54) is 26.2 Å². The molecule has 0 bridgehead atoms. The van der Waals surface area contributed by atoms with Crippen molar-refractivity contribution in [2.75, 3.05) is 28.4 Å². The van der Waals surface area contributed by atoms with Crippen molar-refractivity contribution in [2.45, 2.75) is 6.04 Å². The predicted octanol–water partition coefficient (Wildman–Crippen LogP) is 1.39. The van der Waals surface area contributed by atoms with E-state index in [1.807, 2.05) is 0 Å². The number of likely N-dealkylation sites (N-methyl/N-ethyl adjacent to an activating group) is 1. The minimum Gasteiger partial charge on any atom is -0.496 e. The Bertz CT molecular complexity index is 559. The van der Waals surface area contributed by atoms with E-state index in [-0.39, 0.29) is 11.9 Å². The number of urea groups is 1. The predicted molar refractivity (Wildman–Crippen MR) is 72.9 cm³/mol. The number of nitrogens with one attached hydrogen (secondary N) is 2. The normalized spacial score (nSPS) is 18.0. The Balaban J connectivity index is 2.55. The van der Waals surface area contributed by atoms with Crippen molar-refractivity contribution >= 4 is 11.9 Å². The summed E-state index contributed by atoms with van der Waals surface area (Å²) >= 11 is 0. The average molecular weight is 279 g/mol. The van der Waals surface area contributed by atoms with Gasteiger partial charge in [-0.15, -0.1) is 0 Å². The lowest BCUT2D eigenvalue weighted by atomic mass is 10.0. The van der Waals surface area contributed by atoms with Crippen molar-refractivity contribution in [1.82, 2.24) is 10.2 Å². The first-order valence-corrected chi connectivity index (χ1v) is 5.95. The third-order valence-electron chi connectivity index (χ3n) is 3.25. The monoisotopic (exact) mass is 279 g/mol. The average Bonchev–Trinajstić information content (AvgIpc) is 2.70. The zero-order valence-corrected chi connectivity index (χ0v) is 11.8. The lowest BCUT2D eigenvalue weighted by Gasteiger charge is -2.22. The molecular formula is C13H17N3O4. The van der Waals surface area contributed by atoms with Gasteiger partial charge < -0.3 is 19.1 Å². The van der Waals surface area contributed by atoms with Gasteiger partial charge in [0.25, 0.3) is 0 Å². The number of amidine groups is 1. The first-order chi connectivity index (χ1) is 9.53. The molecule has 0 aromatic heterocycles. The lowest BCUT2D eigenvalue weighted by Crippen LogP contribution is -2.25. The zero-order valence-electron chi connectivity index (χ0n) is 11.8. The van der Waals surface area contributed by atoms with Crippen LogP contribution in [-0.4, -0.2) is 45.1 Å². The number of methoxy groups -OCH3 is 3. The number of carbonyl (C=O) groups excluding carboxylic acids is 1. The quantitative estimate of drug-likeness (QED) is 0.872. The number of carbonyl (C=O) groups is 1. The summed E-state index contributed by atoms with van der Waals surface area (Å²) in [6.07, 6.45) is 0. The molecule has 1 aliphatic heterocycles. The van der Waals surface area contributed by atoms with Crippen molar-refractivity contribution in [3.63, 3.8) is 0 Å². The summed E-state index contributed by atoms with van der Waals surface area (Å²) in [6, 6.07) is 2.54. The van der Waals surface area contributed by atoms with E-state index in [0.29, 0.717) is 22.8 Å². The highest BCUT2D eigenvalue weighted by atomic mass is 16.5. The maximum atomic E-state index is 11.6. The van der Waals surface area contributed by atoms with Crippen molar-refractivity contribution in [3.05, 3.63) is 17.7 Å². The second kappa shape index (κ2) is 5.28. The van der Waals surface area contributed by atoms with Gasteiger partial charge in [0.2, 0.25) is 0 Å². The number of rotatable bonds is 4. The summed E-state index contributed by atoms with van der Waals surface area (Å²) in [4.78, 5) is 13.1. The van der Waals surface area contributed by atoms with Crippen molar-refractivity contribution in [2.24, 2.45) is 0 Å². The first kappa shape index (κ1) is 14.0. The molecule has 2 amide bonds. The molecule has 2 N–H and O–H groups in total. The van der Waals surface area contributed by atoms with Gasteiger partial charge in [0.05, 0.1) is 21.3 Å². The number of benzene rings is 1. The smallest absolute Gasteiger partial charge is 0.323 e. The molecule has 1 aliphatic rings. The molecule has 108 valence electrons. The third kappa shape index (κ3) is 2.11. The van der Waals surface area contributed by atoms with Gasteiger partial charge in [-0.25, -0.2) is 4.79 Å². The van der Waals surface area contributed by atoms with Crippen LogP contribution in [0.4, 0.5) is 4.79 Å². The van der Waals surface area contributed by atoms with Crippen LogP contribution in [0.25, 0.3) is 0 Å². The van der Waals surface area contributed by atoms with Crippen LogP contribution < -0.4 is 19.5 Å². The van der Waals surface area contributed by atoms with Crippen LogP contribution >= 0.6 is 0 Å². The van der Waals surface area contributed by atoms with Gasteiger partial charge in [-0.2, -0.15) is 0 Å². The molecule has 0 spiro atoms. The van der Waals surface area contributed by atoms with E-state index < -0.39 is 6.04 Å². The molecule has 1 aromatic rings. The number of hydrogen-bond donors (Lipinski definition) is 2. The van der Waals surface area contributed by atoms with Crippen LogP contribution in [0.5, 0.6) is 17.2 Å². The standard InChI is InChI=1S/C13H17N3O4/c1-16-11(12(14)15-13(16)17)7-5-9(19-3)10(20-4)6-8(7)18-2/h5-6,11H,1-4H3,(H2,14,15,17). The number of nitrogens with zero attached hydrogens (tertiary/aromatic N) is 1. The van der Waals surface area contributed by atoms with Crippen molar-refractivity contribution in [1.29, 1.82) is 5.41 Å². The zero-order chi connectivity index (χ0) is 14.9. The third-order valence-corrected chi connectivity index (χ3v) is 3.25. The summed E-state index contributed by atoms with van der Waals surface area (Å²) in [5.74, 6) is 1.67. The van der Waals surface area contributed by atoms with Crippen LogP contribution in [0.15, 0.2) is 12.1 Å². The Morgan fingerprint density at radius 2 is 1.65 bits per heavy atom. The molecule has 0 saturated carbocycles. The Morgan fingerprint density at radius 3 is 2.10 bits per heavy atom. The van der Waals surface area contributed by atoms with Crippen LogP contribution in [0.3, 0.4) is 0 Å². The van der Waals surface area contributed by atoms with E-state index in [2.05, 4.69) is 5.32 Å². The van der Waals surface area contributed by atoms with Gasteiger partial charge in [-0.05, 0) is 6.07 Å². The van der Waals surface area contributed by atoms with Gasteiger partial charge in [0.1, 0.15) is 17.6 Å². The fourth-order valence-corrected chi connectivity index (χ4v) is 2.21.